The Morgan fingerprint density at radius 2 is 1.90 bits per heavy atom. The molecule has 3 N–H and O–H groups in total. The smallest absolute Gasteiger partial charge is 0.381 e. The second-order valence-electron chi connectivity index (χ2n) is 8.94. The first kappa shape index (κ1) is 26.2. The Morgan fingerprint density at radius 3 is 2.62 bits per heavy atom. The van der Waals surface area contributed by atoms with Gasteiger partial charge in [-0.25, -0.2) is 15.0 Å². The van der Waals surface area contributed by atoms with Gasteiger partial charge in [0, 0.05) is 42.2 Å². The molecule has 39 heavy (non-hydrogen) atoms. The number of aromatic nitrogens is 4. The van der Waals surface area contributed by atoms with Crippen LogP contribution in [-0.4, -0.2) is 32.5 Å². The van der Waals surface area contributed by atoms with Crippen molar-refractivity contribution in [1.29, 1.82) is 0 Å². The number of carbonyl (C=O) groups is 1. The lowest BCUT2D eigenvalue weighted by atomic mass is 10.1. The molecule has 0 aliphatic rings. The van der Waals surface area contributed by atoms with Gasteiger partial charge < -0.3 is 20.5 Å². The number of benzene rings is 2. The summed E-state index contributed by atoms with van der Waals surface area (Å²) in [6.07, 6.45) is 0.0657. The minimum absolute atomic E-state index is 0.139. The summed E-state index contributed by atoms with van der Waals surface area (Å²) < 4.78 is 43.2. The molecule has 12 heteroatoms. The van der Waals surface area contributed by atoms with Crippen LogP contribution in [0.15, 0.2) is 60.6 Å². The van der Waals surface area contributed by atoms with Gasteiger partial charge in [-0.1, -0.05) is 6.07 Å². The number of thiophene rings is 1. The fourth-order valence-electron chi connectivity index (χ4n) is 4.10. The molecule has 0 aliphatic heterocycles. The Labute approximate surface area is 226 Å². The van der Waals surface area contributed by atoms with Gasteiger partial charge in [0.25, 0.3) is 5.91 Å². The van der Waals surface area contributed by atoms with E-state index < -0.39 is 11.7 Å². The largest absolute Gasteiger partial charge is 0.416 e. The molecule has 5 aromatic rings. The lowest BCUT2D eigenvalue weighted by molar-refractivity contribution is -0.137. The number of anilines is 3. The van der Waals surface area contributed by atoms with Gasteiger partial charge in [-0.05, 0) is 55.3 Å². The third-order valence-corrected chi connectivity index (χ3v) is 7.11. The van der Waals surface area contributed by atoms with Crippen molar-refractivity contribution in [2.75, 3.05) is 23.0 Å². The summed E-state index contributed by atoms with van der Waals surface area (Å²) in [7, 11) is 1.75. The zero-order valence-electron chi connectivity index (χ0n) is 21.2. The van der Waals surface area contributed by atoms with Crippen LogP contribution < -0.4 is 16.0 Å². The molecule has 8 nitrogen and oxygen atoms in total. The molecule has 0 saturated heterocycles. The molecule has 0 atom stereocenters. The van der Waals surface area contributed by atoms with Gasteiger partial charge in [0.1, 0.15) is 12.1 Å². The third kappa shape index (κ3) is 5.55. The second kappa shape index (κ2) is 10.4. The molecule has 0 aliphatic carbocycles. The van der Waals surface area contributed by atoms with Gasteiger partial charge >= 0.3 is 6.18 Å². The Balaban J connectivity index is 1.37. The van der Waals surface area contributed by atoms with Crippen molar-refractivity contribution in [2.45, 2.75) is 26.6 Å². The first-order valence-electron chi connectivity index (χ1n) is 11.9. The van der Waals surface area contributed by atoms with Crippen molar-refractivity contribution in [3.8, 4) is 5.69 Å². The minimum atomic E-state index is -4.49. The van der Waals surface area contributed by atoms with Crippen LogP contribution in [0.5, 0.6) is 0 Å². The number of rotatable bonds is 7. The van der Waals surface area contributed by atoms with E-state index in [4.69, 9.17) is 0 Å². The summed E-state index contributed by atoms with van der Waals surface area (Å²) in [5.74, 6) is 0.327. The first-order valence-corrected chi connectivity index (χ1v) is 12.8. The Bertz CT molecular complexity index is 1680. The summed E-state index contributed by atoms with van der Waals surface area (Å²) in [5, 5.41) is 10.8. The highest BCUT2D eigenvalue weighted by Crippen LogP contribution is 2.33. The molecule has 1 amide bonds. The highest BCUT2D eigenvalue weighted by atomic mass is 32.1. The highest BCUT2D eigenvalue weighted by molar-refractivity contribution is 7.18. The van der Waals surface area contributed by atoms with E-state index in [9.17, 15) is 18.0 Å². The van der Waals surface area contributed by atoms with Gasteiger partial charge in [-0.3, -0.25) is 4.79 Å². The van der Waals surface area contributed by atoms with Gasteiger partial charge in [-0.2, -0.15) is 13.2 Å². The predicted octanol–water partition coefficient (Wildman–Crippen LogP) is 6.42. The quantitative estimate of drug-likeness (QED) is 0.216. The van der Waals surface area contributed by atoms with Crippen LogP contribution in [0.4, 0.5) is 30.4 Å². The molecule has 5 rings (SSSR count). The number of hydrogen-bond donors (Lipinski definition) is 3. The number of nitrogens with zero attached hydrogens (tertiary/aromatic N) is 4. The summed E-state index contributed by atoms with van der Waals surface area (Å²) in [6, 6.07) is 9.30. The van der Waals surface area contributed by atoms with Crippen molar-refractivity contribution in [2.24, 2.45) is 0 Å². The van der Waals surface area contributed by atoms with Crippen LogP contribution in [0, 0.1) is 13.8 Å². The van der Waals surface area contributed by atoms with E-state index in [2.05, 4.69) is 30.9 Å². The SMILES string of the molecule is CNc1ncnc2c(C(=O)Nc3cc(NCc4cc(-n5cnc(C)c5)cc(C(F)(F)F)c4)ccc3C)csc12. The maximum Gasteiger partial charge on any atom is 0.416 e. The van der Waals surface area contributed by atoms with Gasteiger partial charge in [-0.15, -0.1) is 11.3 Å². The molecule has 3 aromatic heterocycles. The molecule has 0 fully saturated rings. The number of aryl methyl sites for hydroxylation is 2. The van der Waals surface area contributed by atoms with Crippen molar-refractivity contribution >= 4 is 44.7 Å². The summed E-state index contributed by atoms with van der Waals surface area (Å²) in [6.45, 7) is 3.77. The topological polar surface area (TPSA) is 96.8 Å². The number of hydrogen-bond acceptors (Lipinski definition) is 7. The molecule has 0 bridgehead atoms. The molecule has 200 valence electrons. The average molecular weight is 552 g/mol. The molecule has 0 saturated carbocycles. The van der Waals surface area contributed by atoms with E-state index >= 15 is 0 Å². The Morgan fingerprint density at radius 1 is 1.08 bits per heavy atom. The summed E-state index contributed by atoms with van der Waals surface area (Å²) >= 11 is 1.37. The van der Waals surface area contributed by atoms with Gasteiger partial charge in [0.2, 0.25) is 0 Å². The second-order valence-corrected chi connectivity index (χ2v) is 9.82. The lowest BCUT2D eigenvalue weighted by Crippen LogP contribution is -2.13. The van der Waals surface area contributed by atoms with Crippen LogP contribution in [0.25, 0.3) is 15.9 Å². The van der Waals surface area contributed by atoms with Crippen molar-refractivity contribution in [1.82, 2.24) is 19.5 Å². The number of halogens is 3. The number of alkyl halides is 3. The van der Waals surface area contributed by atoms with Crippen LogP contribution >= 0.6 is 11.3 Å². The number of imidazole rings is 1. The lowest BCUT2D eigenvalue weighted by Gasteiger charge is -2.15. The molecule has 3 heterocycles. The molecule has 0 unspecified atom stereocenters. The van der Waals surface area contributed by atoms with E-state index in [1.807, 2.05) is 19.1 Å². The zero-order valence-corrected chi connectivity index (χ0v) is 22.0. The molecular formula is C27H24F3N7OS. The molecule has 0 radical (unpaired) electrons. The normalized spacial score (nSPS) is 11.5. The monoisotopic (exact) mass is 551 g/mol. The van der Waals surface area contributed by atoms with Crippen LogP contribution in [0.1, 0.15) is 32.7 Å². The van der Waals surface area contributed by atoms with E-state index in [1.54, 1.807) is 42.2 Å². The highest BCUT2D eigenvalue weighted by Gasteiger charge is 2.31. The number of carbonyl (C=O) groups excluding carboxylic acids is 1. The van der Waals surface area contributed by atoms with E-state index in [-0.39, 0.29) is 12.5 Å². The van der Waals surface area contributed by atoms with Gasteiger partial charge in [0.15, 0.2) is 0 Å². The Hall–Kier alpha value is -4.45. The maximum absolute atomic E-state index is 13.6. The van der Waals surface area contributed by atoms with Crippen LogP contribution in [0.2, 0.25) is 0 Å². The fraction of sp³-hybridized carbons (Fsp3) is 0.185. The third-order valence-electron chi connectivity index (χ3n) is 6.13. The predicted molar refractivity (Wildman–Crippen MR) is 147 cm³/mol. The summed E-state index contributed by atoms with van der Waals surface area (Å²) in [5.41, 5.74) is 3.80. The maximum atomic E-state index is 13.6. The van der Waals surface area contributed by atoms with E-state index in [1.165, 1.54) is 24.0 Å². The van der Waals surface area contributed by atoms with E-state index in [0.717, 1.165) is 22.4 Å². The van der Waals surface area contributed by atoms with Crippen molar-refractivity contribution < 1.29 is 18.0 Å². The van der Waals surface area contributed by atoms with Crippen LogP contribution in [0.3, 0.4) is 0 Å². The van der Waals surface area contributed by atoms with Crippen molar-refractivity contribution in [3.05, 3.63) is 88.6 Å². The first-order chi connectivity index (χ1) is 18.6. The zero-order chi connectivity index (χ0) is 27.7. The van der Waals surface area contributed by atoms with Crippen LogP contribution in [-0.2, 0) is 12.7 Å². The fourth-order valence-corrected chi connectivity index (χ4v) is 5.10. The minimum Gasteiger partial charge on any atom is -0.381 e. The molecular weight excluding hydrogens is 527 g/mol. The standard InChI is InChI=1S/C27H24F3N7OS/c1-15-4-5-19(9-22(15)36-26(38)21-12-39-24-23(21)33-13-34-25(24)31-3)32-10-17-6-18(27(28,29)30)8-20(7-17)37-11-16(2)35-14-37/h4-9,11-14,32H,10H2,1-3H3,(H,36,38)(H,31,33,34). The van der Waals surface area contributed by atoms with Crippen molar-refractivity contribution in [3.63, 3.8) is 0 Å². The summed E-state index contributed by atoms with van der Waals surface area (Å²) in [4.78, 5) is 25.7. The number of nitrogens with one attached hydrogen (secondary N) is 3. The molecule has 2 aromatic carbocycles. The number of amides is 1. The molecule has 0 spiro atoms. The number of fused-ring (bicyclic) bond motifs is 1. The van der Waals surface area contributed by atoms with E-state index in [0.29, 0.717) is 45.2 Å². The van der Waals surface area contributed by atoms with Gasteiger partial charge in [0.05, 0.1) is 33.4 Å². The Kier molecular flexibility index (Phi) is 6.96. The average Bonchev–Trinajstić information content (AvgIpc) is 3.55.